The predicted octanol–water partition coefficient (Wildman–Crippen LogP) is 2.90. The highest BCUT2D eigenvalue weighted by Gasteiger charge is 2.29. The molecule has 10 nitrogen and oxygen atoms in total. The zero-order chi connectivity index (χ0) is 22.7. The van der Waals surface area contributed by atoms with Gasteiger partial charge in [-0.3, -0.25) is 9.59 Å². The van der Waals surface area contributed by atoms with Crippen molar-refractivity contribution in [1.82, 2.24) is 15.8 Å². The van der Waals surface area contributed by atoms with Crippen molar-refractivity contribution in [3.05, 3.63) is 45.7 Å². The molecule has 1 rings (SSSR count). The van der Waals surface area contributed by atoms with Crippen LogP contribution in [0.1, 0.15) is 24.2 Å². The van der Waals surface area contributed by atoms with Crippen LogP contribution >= 0.6 is 23.2 Å². The molecule has 0 spiro atoms. The number of carbonyl (C=O) groups excluding carboxylic acids is 4. The van der Waals surface area contributed by atoms with Crippen LogP contribution in [0.15, 0.2) is 30.1 Å². The van der Waals surface area contributed by atoms with E-state index in [9.17, 15) is 19.2 Å². The van der Waals surface area contributed by atoms with E-state index in [0.29, 0.717) is 5.01 Å². The van der Waals surface area contributed by atoms with E-state index in [1.165, 1.54) is 32.2 Å². The minimum absolute atomic E-state index is 0.00584. The normalized spacial score (nSPS) is 10.6. The van der Waals surface area contributed by atoms with Gasteiger partial charge in [-0.2, -0.15) is 5.01 Å². The molecule has 0 bridgehead atoms. The van der Waals surface area contributed by atoms with E-state index < -0.39 is 29.6 Å². The number of hydrogen-bond donors (Lipinski definition) is 2. The highest BCUT2D eigenvalue weighted by molar-refractivity contribution is 6.37. The van der Waals surface area contributed by atoms with Gasteiger partial charge in [0.1, 0.15) is 12.2 Å². The number of ketones is 1. The summed E-state index contributed by atoms with van der Waals surface area (Å²) in [4.78, 5) is 48.8. The summed E-state index contributed by atoms with van der Waals surface area (Å²) in [6.45, 7) is 2.74. The zero-order valence-electron chi connectivity index (χ0n) is 16.5. The first kappa shape index (κ1) is 25.1. The number of hydrogen-bond acceptors (Lipinski definition) is 8. The summed E-state index contributed by atoms with van der Waals surface area (Å²) in [7, 11) is 1.18. The lowest BCUT2D eigenvalue weighted by molar-refractivity contribution is -0.139. The number of nitrogens with one attached hydrogen (secondary N) is 2. The molecule has 0 saturated heterocycles. The average Bonchev–Trinajstić information content (AvgIpc) is 2.69. The van der Waals surface area contributed by atoms with Crippen molar-refractivity contribution in [2.45, 2.75) is 13.8 Å². The van der Waals surface area contributed by atoms with Gasteiger partial charge in [-0.15, -0.1) is 0 Å². The summed E-state index contributed by atoms with van der Waals surface area (Å²) < 4.78 is 14.2. The molecule has 1 aromatic carbocycles. The number of carbonyl (C=O) groups is 4. The molecule has 0 saturated carbocycles. The van der Waals surface area contributed by atoms with Gasteiger partial charge in [0.05, 0.1) is 25.3 Å². The molecule has 0 radical (unpaired) electrons. The molecule has 30 heavy (non-hydrogen) atoms. The number of amides is 2. The molecule has 0 aromatic heterocycles. The van der Waals surface area contributed by atoms with Crippen LogP contribution in [0.5, 0.6) is 0 Å². The largest absolute Gasteiger partial charge is 0.468 e. The van der Waals surface area contributed by atoms with Gasteiger partial charge in [0.15, 0.2) is 0 Å². The fourth-order valence-corrected chi connectivity index (χ4v) is 2.49. The second-order valence-corrected chi connectivity index (χ2v) is 6.15. The van der Waals surface area contributed by atoms with Gasteiger partial charge in [-0.1, -0.05) is 23.2 Å². The summed E-state index contributed by atoms with van der Waals surface area (Å²) in [6.07, 6.45) is -1.05. The summed E-state index contributed by atoms with van der Waals surface area (Å²) in [5.41, 5.74) is 1.69. The molecule has 0 aliphatic rings. The van der Waals surface area contributed by atoms with Gasteiger partial charge in [0, 0.05) is 16.8 Å². The van der Waals surface area contributed by atoms with Crippen LogP contribution in [0.4, 0.5) is 9.59 Å². The molecule has 0 heterocycles. The lowest BCUT2D eigenvalue weighted by Crippen LogP contribution is -2.48. The molecule has 0 fully saturated rings. The van der Waals surface area contributed by atoms with Gasteiger partial charge in [-0.25, -0.2) is 15.0 Å². The molecule has 0 aliphatic carbocycles. The van der Waals surface area contributed by atoms with Gasteiger partial charge < -0.3 is 19.5 Å². The number of allylic oxidation sites excluding steroid dienone is 1. The third kappa shape index (κ3) is 7.45. The summed E-state index contributed by atoms with van der Waals surface area (Å²) in [6, 6.07) is 4.10. The number of Topliss-reactive ketones (excluding diaryl/α,β-unsaturated/α-hetero) is 1. The van der Waals surface area contributed by atoms with Crippen LogP contribution in [0.2, 0.25) is 10.0 Å². The predicted molar refractivity (Wildman–Crippen MR) is 108 cm³/mol. The van der Waals surface area contributed by atoms with Crippen molar-refractivity contribution >= 4 is 47.1 Å². The zero-order valence-corrected chi connectivity index (χ0v) is 18.0. The molecular weight excluding hydrogens is 441 g/mol. The van der Waals surface area contributed by atoms with Crippen LogP contribution in [0, 0.1) is 0 Å². The molecule has 1 aromatic rings. The standard InChI is InChI=1S/C18H21Cl2N3O7/c1-4-29-17(26)22-23(18(27)30-5-2)14(9-21-10-15(24)28-3)16(25)12-7-6-11(19)8-13(12)20/h6-9,21H,4-5,10H2,1-3H3,(H,22,26). The third-order valence-corrected chi connectivity index (χ3v) is 3.84. The molecule has 12 heteroatoms. The number of methoxy groups -OCH3 is 1. The second-order valence-electron chi connectivity index (χ2n) is 5.31. The Morgan fingerprint density at radius 3 is 2.33 bits per heavy atom. The summed E-state index contributed by atoms with van der Waals surface area (Å²) in [5.74, 6) is -1.41. The number of nitrogens with zero attached hydrogens (tertiary/aromatic N) is 1. The Kier molecular flexibility index (Phi) is 10.5. The topological polar surface area (TPSA) is 123 Å². The number of ether oxygens (including phenoxy) is 3. The van der Waals surface area contributed by atoms with E-state index in [1.807, 2.05) is 0 Å². The Morgan fingerprint density at radius 2 is 1.77 bits per heavy atom. The van der Waals surface area contributed by atoms with Gasteiger partial charge in [0.25, 0.3) is 0 Å². The van der Waals surface area contributed by atoms with Gasteiger partial charge >= 0.3 is 18.2 Å². The first-order valence-corrected chi connectivity index (χ1v) is 9.41. The van der Waals surface area contributed by atoms with Crippen LogP contribution in [0.3, 0.4) is 0 Å². The molecular formula is C18H21Cl2N3O7. The van der Waals surface area contributed by atoms with Crippen LogP contribution < -0.4 is 10.7 Å². The maximum atomic E-state index is 13.1. The van der Waals surface area contributed by atoms with E-state index in [-0.39, 0.29) is 35.4 Å². The Labute approximate surface area is 183 Å². The smallest absolute Gasteiger partial charge is 0.433 e. The Balaban J connectivity index is 3.39. The van der Waals surface area contributed by atoms with Crippen molar-refractivity contribution in [3.63, 3.8) is 0 Å². The van der Waals surface area contributed by atoms with Crippen molar-refractivity contribution < 1.29 is 33.4 Å². The summed E-state index contributed by atoms with van der Waals surface area (Å²) in [5, 5.41) is 3.37. The van der Waals surface area contributed by atoms with Crippen LogP contribution in [0.25, 0.3) is 0 Å². The Morgan fingerprint density at radius 1 is 1.10 bits per heavy atom. The maximum absolute atomic E-state index is 13.1. The van der Waals surface area contributed by atoms with Crippen molar-refractivity contribution in [1.29, 1.82) is 0 Å². The Hall–Kier alpha value is -2.98. The quantitative estimate of drug-likeness (QED) is 0.199. The highest BCUT2D eigenvalue weighted by atomic mass is 35.5. The SMILES string of the molecule is CCOC(=O)NN(C(=O)OCC)C(=CNCC(=O)OC)C(=O)c1ccc(Cl)cc1Cl. The average molecular weight is 462 g/mol. The second kappa shape index (κ2) is 12.6. The molecule has 0 aliphatic heterocycles. The molecule has 0 unspecified atom stereocenters. The van der Waals surface area contributed by atoms with Crippen molar-refractivity contribution in [3.8, 4) is 0 Å². The van der Waals surface area contributed by atoms with Gasteiger partial charge in [0.2, 0.25) is 5.78 Å². The number of halogens is 2. The summed E-state index contributed by atoms with van der Waals surface area (Å²) >= 11 is 12.0. The van der Waals surface area contributed by atoms with Gasteiger partial charge in [-0.05, 0) is 32.0 Å². The Bertz CT molecular complexity index is 830. The molecule has 164 valence electrons. The van der Waals surface area contributed by atoms with E-state index >= 15 is 0 Å². The molecule has 0 atom stereocenters. The number of rotatable bonds is 8. The van der Waals surface area contributed by atoms with E-state index in [0.717, 1.165) is 6.20 Å². The number of esters is 1. The first-order valence-electron chi connectivity index (χ1n) is 8.65. The van der Waals surface area contributed by atoms with Crippen molar-refractivity contribution in [2.75, 3.05) is 26.9 Å². The lowest BCUT2D eigenvalue weighted by atomic mass is 10.1. The van der Waals surface area contributed by atoms with Crippen LogP contribution in [-0.2, 0) is 19.0 Å². The minimum atomic E-state index is -1.07. The fraction of sp³-hybridized carbons (Fsp3) is 0.333. The van der Waals surface area contributed by atoms with Crippen molar-refractivity contribution in [2.24, 2.45) is 0 Å². The minimum Gasteiger partial charge on any atom is -0.468 e. The number of hydrazine groups is 1. The van der Waals surface area contributed by atoms with Crippen LogP contribution in [-0.4, -0.2) is 55.8 Å². The van der Waals surface area contributed by atoms with E-state index in [1.54, 1.807) is 6.92 Å². The number of benzene rings is 1. The maximum Gasteiger partial charge on any atom is 0.433 e. The molecule has 2 N–H and O–H groups in total. The van der Waals surface area contributed by atoms with E-state index in [2.05, 4.69) is 15.5 Å². The third-order valence-electron chi connectivity index (χ3n) is 3.29. The first-order chi connectivity index (χ1) is 14.2. The molecule has 2 amide bonds. The lowest BCUT2D eigenvalue weighted by Gasteiger charge is -2.24. The fourth-order valence-electron chi connectivity index (χ4n) is 1.99. The monoisotopic (exact) mass is 461 g/mol. The van der Waals surface area contributed by atoms with E-state index in [4.69, 9.17) is 32.7 Å². The highest BCUT2D eigenvalue weighted by Crippen LogP contribution is 2.24.